The van der Waals surface area contributed by atoms with E-state index in [-0.39, 0.29) is 14.3 Å². The zero-order chi connectivity index (χ0) is 33.6. The van der Waals surface area contributed by atoms with Crippen LogP contribution < -0.4 is 9.47 Å². The molecule has 2 unspecified atom stereocenters. The molecule has 0 amide bonds. The molecule has 0 saturated heterocycles. The van der Waals surface area contributed by atoms with Crippen LogP contribution in [0, 0.1) is 13.8 Å². The van der Waals surface area contributed by atoms with Crippen molar-refractivity contribution in [3.05, 3.63) is 99.8 Å². The molecular weight excluding hydrogens is 663 g/mol. The van der Waals surface area contributed by atoms with Gasteiger partial charge in [0.1, 0.15) is 4.70 Å². The normalized spacial score (nSPS) is 15.8. The highest BCUT2D eigenvalue weighted by molar-refractivity contribution is 8.03. The summed E-state index contributed by atoms with van der Waals surface area (Å²) >= 11 is 3.20. The van der Waals surface area contributed by atoms with Gasteiger partial charge in [0.25, 0.3) is 5.01 Å². The Kier molecular flexibility index (Phi) is 11.8. The van der Waals surface area contributed by atoms with E-state index in [1.54, 1.807) is 35.5 Å². The number of rotatable bonds is 10. The molecule has 1 aliphatic rings. The lowest BCUT2D eigenvalue weighted by molar-refractivity contribution is -0.669. The monoisotopic (exact) mass is 701 g/mol. The van der Waals surface area contributed by atoms with Gasteiger partial charge in [-0.3, -0.25) is 4.98 Å². The maximum absolute atomic E-state index is 11.5. The molecule has 1 aliphatic heterocycles. The van der Waals surface area contributed by atoms with Gasteiger partial charge in [0.05, 0.1) is 36.2 Å². The minimum atomic E-state index is -4.37. The minimum absolute atomic E-state index is 0. The van der Waals surface area contributed by atoms with Gasteiger partial charge >= 0.3 is 1.43 Å². The van der Waals surface area contributed by atoms with Crippen LogP contribution in [-0.2, 0) is 26.8 Å². The predicted molar refractivity (Wildman–Crippen MR) is 186 cm³/mol. The molecule has 0 saturated carbocycles. The van der Waals surface area contributed by atoms with Crippen molar-refractivity contribution in [2.45, 2.75) is 69.4 Å². The number of hydrogen-bond donors (Lipinski definition) is 0. The van der Waals surface area contributed by atoms with Gasteiger partial charge in [-0.1, -0.05) is 41.3 Å². The molecule has 9 nitrogen and oxygen atoms in total. The fraction of sp³-hybridized carbons (Fsp3) is 0.333. The summed E-state index contributed by atoms with van der Waals surface area (Å²) in [5.41, 5.74) is 5.14. The summed E-state index contributed by atoms with van der Waals surface area (Å²) in [5, 5.41) is -0.129. The van der Waals surface area contributed by atoms with E-state index in [2.05, 4.69) is 26.6 Å². The lowest BCUT2D eigenvalue weighted by Crippen LogP contribution is -2.37. The molecule has 3 heterocycles. The molecule has 0 radical (unpaired) electrons. The highest BCUT2D eigenvalue weighted by Gasteiger charge is 2.27. The van der Waals surface area contributed by atoms with Crippen molar-refractivity contribution in [2.24, 2.45) is 0 Å². The van der Waals surface area contributed by atoms with Gasteiger partial charge in [-0.15, -0.1) is 0 Å². The Hall–Kier alpha value is -3.07. The van der Waals surface area contributed by atoms with Crippen molar-refractivity contribution in [1.29, 1.82) is 0 Å². The largest absolute Gasteiger partial charge is 1.00 e. The van der Waals surface area contributed by atoms with E-state index in [0.29, 0.717) is 13.1 Å². The first kappa shape index (κ1) is 35.8. The van der Waals surface area contributed by atoms with Gasteiger partial charge in [0.2, 0.25) is 5.52 Å². The van der Waals surface area contributed by atoms with Gasteiger partial charge in [0.15, 0.2) is 6.54 Å². The smallest absolute Gasteiger partial charge is 0.748 e. The fourth-order valence-corrected chi connectivity index (χ4v) is 8.14. The second kappa shape index (κ2) is 15.2. The van der Waals surface area contributed by atoms with Crippen molar-refractivity contribution in [3.63, 3.8) is 0 Å². The Balaban J connectivity index is 0.000000770. The van der Waals surface area contributed by atoms with E-state index in [1.807, 2.05) is 75.4 Å². The van der Waals surface area contributed by atoms with Crippen LogP contribution in [0.15, 0.2) is 88.6 Å². The number of anilines is 1. The molecule has 2 aromatic heterocycles. The van der Waals surface area contributed by atoms with Crippen molar-refractivity contribution >= 4 is 65.3 Å². The van der Waals surface area contributed by atoms with Crippen molar-refractivity contribution in [1.82, 2.24) is 4.98 Å². The van der Waals surface area contributed by atoms with Crippen molar-refractivity contribution < 1.29 is 31.9 Å². The molecule has 0 spiro atoms. The van der Waals surface area contributed by atoms with Crippen LogP contribution in [0.3, 0.4) is 0 Å². The molecule has 2 aromatic carbocycles. The zero-order valence-electron chi connectivity index (χ0n) is 27.4. The standard InChI is InChI=1S/C28H34N2O6S4.C5H5N/c1-18-6-8-23-25(14-18)37-27(29(23)12-10-21(4)39(31,32)33)16-20(3)17-28-30(13-11-22(5)40(34,35)36)24-9-7-19(2)15-26(24)38-28;1-2-4-6-5-3-1/h6-9,14-17,21-22H,10-13H2,1-5H3,(H-,31,32,33,34,35,36);1-5H. The number of fused-ring (bicyclic) bond motifs is 2. The molecule has 13 heteroatoms. The lowest BCUT2D eigenvalue weighted by Gasteiger charge is -2.24. The molecule has 246 valence electrons. The van der Waals surface area contributed by atoms with E-state index in [1.165, 1.54) is 13.8 Å². The summed E-state index contributed by atoms with van der Waals surface area (Å²) in [4.78, 5) is 6.91. The first-order valence-electron chi connectivity index (χ1n) is 14.8. The number of pyridine rings is 1. The molecule has 0 bridgehead atoms. The van der Waals surface area contributed by atoms with Crippen LogP contribution in [-0.4, -0.2) is 48.0 Å². The van der Waals surface area contributed by atoms with E-state index in [4.69, 9.17) is 0 Å². The van der Waals surface area contributed by atoms with Crippen LogP contribution in [0.1, 0.15) is 51.2 Å². The fourth-order valence-electron chi connectivity index (χ4n) is 4.76. The molecule has 2 atom stereocenters. The Morgan fingerprint density at radius 2 is 1.59 bits per heavy atom. The molecule has 4 aromatic rings. The number of thiazole rings is 1. The Bertz CT molecular complexity index is 1940. The lowest BCUT2D eigenvalue weighted by atomic mass is 10.2. The first-order valence-corrected chi connectivity index (χ1v) is 19.3. The van der Waals surface area contributed by atoms with E-state index in [0.717, 1.165) is 47.5 Å². The summed E-state index contributed by atoms with van der Waals surface area (Å²) in [6.07, 6.45) is 7.99. The molecular formula is C33H39N3O6S4. The molecule has 0 fully saturated rings. The minimum Gasteiger partial charge on any atom is -0.748 e. The number of aromatic nitrogens is 2. The Morgan fingerprint density at radius 3 is 2.20 bits per heavy atom. The maximum atomic E-state index is 11.5. The number of allylic oxidation sites excluding steroid dienone is 2. The number of aryl methyl sites for hydroxylation is 3. The SMILES string of the molecule is CC(=Cc1sc2cc(C)ccc2[n+]1CCC(C)S(=O)(=O)[O-])C=C1Sc2cc(C)ccc2N1CCC(C)S(=O)(=O)[O-].[H+].c1ccncc1. The van der Waals surface area contributed by atoms with Gasteiger partial charge in [-0.2, -0.15) is 4.57 Å². The third-order valence-corrected chi connectivity index (χ3v) is 12.2. The highest BCUT2D eigenvalue weighted by Crippen LogP contribution is 2.47. The van der Waals surface area contributed by atoms with Gasteiger partial charge in [-0.05, 0) is 94.1 Å². The summed E-state index contributed by atoms with van der Waals surface area (Å²) in [5.74, 6) is 0. The van der Waals surface area contributed by atoms with E-state index in [9.17, 15) is 25.9 Å². The first-order chi connectivity index (χ1) is 21.6. The zero-order valence-corrected chi connectivity index (χ0v) is 29.7. The number of thioether (sulfide) groups is 1. The summed E-state index contributed by atoms with van der Waals surface area (Å²) in [7, 11) is -8.75. The van der Waals surface area contributed by atoms with Crippen LogP contribution in [0.2, 0.25) is 0 Å². The van der Waals surface area contributed by atoms with Crippen LogP contribution >= 0.6 is 23.1 Å². The van der Waals surface area contributed by atoms with E-state index < -0.39 is 30.7 Å². The summed E-state index contributed by atoms with van der Waals surface area (Å²) < 4.78 is 72.2. The van der Waals surface area contributed by atoms with Crippen LogP contribution in [0.4, 0.5) is 5.69 Å². The average molecular weight is 702 g/mol. The topological polar surface area (TPSA) is 134 Å². The quantitative estimate of drug-likeness (QED) is 0.134. The highest BCUT2D eigenvalue weighted by atomic mass is 32.2. The molecule has 0 aliphatic carbocycles. The number of benzene rings is 2. The Labute approximate surface area is 281 Å². The van der Waals surface area contributed by atoms with Gasteiger partial charge in [0, 0.05) is 47.6 Å². The number of hydrogen-bond acceptors (Lipinski definition) is 10. The van der Waals surface area contributed by atoms with Crippen molar-refractivity contribution in [3.8, 4) is 0 Å². The summed E-state index contributed by atoms with van der Waals surface area (Å²) in [6, 6.07) is 18.0. The average Bonchev–Trinajstić information content (AvgIpc) is 3.49. The maximum Gasteiger partial charge on any atom is 1.00 e. The summed E-state index contributed by atoms with van der Waals surface area (Å²) in [6.45, 7) is 9.67. The number of nitrogens with zero attached hydrogens (tertiary/aromatic N) is 3. The second-order valence-corrected chi connectivity index (χ2v) is 17.1. The second-order valence-electron chi connectivity index (χ2n) is 11.4. The predicted octanol–water partition coefficient (Wildman–Crippen LogP) is 6.50. The van der Waals surface area contributed by atoms with Gasteiger partial charge < -0.3 is 14.0 Å². The van der Waals surface area contributed by atoms with E-state index >= 15 is 0 Å². The molecule has 46 heavy (non-hydrogen) atoms. The molecule has 5 rings (SSSR count). The third kappa shape index (κ3) is 9.49. The third-order valence-electron chi connectivity index (χ3n) is 7.55. The van der Waals surface area contributed by atoms with Crippen LogP contribution in [0.5, 0.6) is 0 Å². The van der Waals surface area contributed by atoms with Crippen LogP contribution in [0.25, 0.3) is 16.3 Å². The Morgan fingerprint density at radius 1 is 0.957 bits per heavy atom. The molecule has 0 N–H and O–H groups in total. The van der Waals surface area contributed by atoms with Gasteiger partial charge in [-0.25, -0.2) is 16.8 Å². The van der Waals surface area contributed by atoms with Crippen molar-refractivity contribution in [2.75, 3.05) is 11.4 Å².